The van der Waals surface area contributed by atoms with E-state index in [1.807, 2.05) is 49.4 Å². The quantitative estimate of drug-likeness (QED) is 0.367. The summed E-state index contributed by atoms with van der Waals surface area (Å²) in [4.78, 5) is 9.70. The summed E-state index contributed by atoms with van der Waals surface area (Å²) in [5.74, 6) is 0.778. The van der Waals surface area contributed by atoms with Gasteiger partial charge in [-0.05, 0) is 67.1 Å². The maximum Gasteiger partial charge on any atom is 0.433 e. The van der Waals surface area contributed by atoms with Gasteiger partial charge in [0.15, 0.2) is 5.65 Å². The highest BCUT2D eigenvalue weighted by Crippen LogP contribution is 2.37. The zero-order valence-corrected chi connectivity index (χ0v) is 17.5. The van der Waals surface area contributed by atoms with E-state index in [2.05, 4.69) is 15.3 Å². The summed E-state index contributed by atoms with van der Waals surface area (Å²) in [5.41, 5.74) is 1.60. The number of benzene rings is 2. The van der Waals surface area contributed by atoms with Crippen LogP contribution in [0.1, 0.15) is 11.3 Å². The number of pyridine rings is 2. The molecule has 0 aliphatic rings. The third-order valence-corrected chi connectivity index (χ3v) is 5.67. The Morgan fingerprint density at radius 3 is 2.42 bits per heavy atom. The molecule has 0 radical (unpaired) electrons. The van der Waals surface area contributed by atoms with Crippen LogP contribution in [0.5, 0.6) is 5.75 Å². The summed E-state index contributed by atoms with van der Waals surface area (Å²) in [6.45, 7) is 1.98. The summed E-state index contributed by atoms with van der Waals surface area (Å²) in [5, 5.41) is 3.86. The Bertz CT molecular complexity index is 1230. The predicted octanol–water partition coefficient (Wildman–Crippen LogP) is 6.86. The van der Waals surface area contributed by atoms with Crippen molar-refractivity contribution in [3.8, 4) is 5.75 Å². The predicted molar refractivity (Wildman–Crippen MR) is 116 cm³/mol. The van der Waals surface area contributed by atoms with E-state index in [1.54, 1.807) is 24.9 Å². The van der Waals surface area contributed by atoms with Crippen molar-refractivity contribution in [2.45, 2.75) is 22.9 Å². The standard InChI is InChI=1S/C23H18F3N3OS/c1-14-3-9-20(31-16-6-4-15(30-2)5-7-16)19(13-14)28-18-11-12-27-22-17(18)8-10-21(29-22)23(24,25)26/h3-13H,1-2H3,(H,27,28,29). The Hall–Kier alpha value is -3.26. The average Bonchev–Trinajstić information content (AvgIpc) is 2.75. The van der Waals surface area contributed by atoms with E-state index in [0.717, 1.165) is 32.9 Å². The van der Waals surface area contributed by atoms with E-state index in [1.165, 1.54) is 12.3 Å². The minimum Gasteiger partial charge on any atom is -0.497 e. The average molecular weight is 441 g/mol. The summed E-state index contributed by atoms with van der Waals surface area (Å²) < 4.78 is 44.2. The molecule has 4 aromatic rings. The zero-order valence-electron chi connectivity index (χ0n) is 16.7. The molecule has 0 unspecified atom stereocenters. The van der Waals surface area contributed by atoms with Gasteiger partial charge in [0.2, 0.25) is 0 Å². The normalized spacial score (nSPS) is 11.5. The van der Waals surface area contributed by atoms with Crippen LogP contribution in [-0.2, 0) is 6.18 Å². The first-order chi connectivity index (χ1) is 14.8. The van der Waals surface area contributed by atoms with Gasteiger partial charge in [-0.25, -0.2) is 9.97 Å². The van der Waals surface area contributed by atoms with Crippen LogP contribution in [0.25, 0.3) is 11.0 Å². The molecular weight excluding hydrogens is 423 g/mol. The molecule has 0 saturated heterocycles. The number of nitrogens with one attached hydrogen (secondary N) is 1. The van der Waals surface area contributed by atoms with Crippen molar-refractivity contribution in [3.63, 3.8) is 0 Å². The minimum atomic E-state index is -4.52. The number of halogens is 3. The molecule has 0 bridgehead atoms. The van der Waals surface area contributed by atoms with E-state index in [-0.39, 0.29) is 5.65 Å². The van der Waals surface area contributed by atoms with Gasteiger partial charge in [0.1, 0.15) is 11.4 Å². The Morgan fingerprint density at radius 2 is 1.71 bits per heavy atom. The highest BCUT2D eigenvalue weighted by Gasteiger charge is 2.32. The number of rotatable bonds is 5. The smallest absolute Gasteiger partial charge is 0.433 e. The number of aromatic nitrogens is 2. The van der Waals surface area contributed by atoms with Crippen molar-refractivity contribution in [2.24, 2.45) is 0 Å². The lowest BCUT2D eigenvalue weighted by molar-refractivity contribution is -0.141. The number of nitrogens with zero attached hydrogens (tertiary/aromatic N) is 2. The first-order valence-electron chi connectivity index (χ1n) is 9.36. The molecule has 0 atom stereocenters. The number of hydrogen-bond acceptors (Lipinski definition) is 5. The van der Waals surface area contributed by atoms with Gasteiger partial charge in [-0.2, -0.15) is 13.2 Å². The molecule has 0 fully saturated rings. The molecule has 8 heteroatoms. The number of fused-ring (bicyclic) bond motifs is 1. The van der Waals surface area contributed by atoms with Crippen LogP contribution >= 0.6 is 11.8 Å². The van der Waals surface area contributed by atoms with Gasteiger partial charge < -0.3 is 10.1 Å². The Kier molecular flexibility index (Phi) is 5.73. The lowest BCUT2D eigenvalue weighted by Gasteiger charge is -2.15. The van der Waals surface area contributed by atoms with Gasteiger partial charge in [-0.3, -0.25) is 0 Å². The highest BCUT2D eigenvalue weighted by molar-refractivity contribution is 7.99. The van der Waals surface area contributed by atoms with Gasteiger partial charge in [-0.15, -0.1) is 0 Å². The lowest BCUT2D eigenvalue weighted by Crippen LogP contribution is -2.08. The van der Waals surface area contributed by atoms with Crippen LogP contribution in [0.3, 0.4) is 0 Å². The molecule has 1 N–H and O–H groups in total. The number of hydrogen-bond donors (Lipinski definition) is 1. The van der Waals surface area contributed by atoms with Crippen LogP contribution in [-0.4, -0.2) is 17.1 Å². The fraction of sp³-hybridized carbons (Fsp3) is 0.130. The zero-order chi connectivity index (χ0) is 22.0. The van der Waals surface area contributed by atoms with Gasteiger partial charge in [0.05, 0.1) is 18.5 Å². The first kappa shape index (κ1) is 21.0. The second-order valence-electron chi connectivity index (χ2n) is 6.83. The molecule has 4 nitrogen and oxygen atoms in total. The molecule has 0 saturated carbocycles. The molecule has 2 aromatic carbocycles. The van der Waals surface area contributed by atoms with E-state index in [4.69, 9.17) is 4.74 Å². The molecule has 4 rings (SSSR count). The molecule has 2 aromatic heterocycles. The van der Waals surface area contributed by atoms with Crippen molar-refractivity contribution in [1.29, 1.82) is 0 Å². The Labute approximate surface area is 181 Å². The monoisotopic (exact) mass is 441 g/mol. The van der Waals surface area contributed by atoms with Crippen LogP contribution < -0.4 is 10.1 Å². The van der Waals surface area contributed by atoms with E-state index in [0.29, 0.717) is 11.1 Å². The van der Waals surface area contributed by atoms with Crippen LogP contribution in [0, 0.1) is 6.92 Å². The van der Waals surface area contributed by atoms with Gasteiger partial charge in [0, 0.05) is 21.4 Å². The Morgan fingerprint density at radius 1 is 0.935 bits per heavy atom. The SMILES string of the molecule is COc1ccc(Sc2ccc(C)cc2Nc2ccnc3nc(C(F)(F)F)ccc23)cc1. The van der Waals surface area contributed by atoms with Crippen LogP contribution in [0.15, 0.2) is 76.7 Å². The summed E-state index contributed by atoms with van der Waals surface area (Å²) in [6, 6.07) is 17.8. The van der Waals surface area contributed by atoms with Gasteiger partial charge in [0.25, 0.3) is 0 Å². The Balaban J connectivity index is 1.69. The van der Waals surface area contributed by atoms with Gasteiger partial charge in [-0.1, -0.05) is 17.8 Å². The number of anilines is 2. The summed E-state index contributed by atoms with van der Waals surface area (Å²) in [7, 11) is 1.62. The maximum absolute atomic E-state index is 13.0. The fourth-order valence-corrected chi connectivity index (χ4v) is 3.92. The molecule has 0 spiro atoms. The van der Waals surface area contributed by atoms with Crippen molar-refractivity contribution in [2.75, 3.05) is 12.4 Å². The van der Waals surface area contributed by atoms with Gasteiger partial charge >= 0.3 is 6.18 Å². The molecule has 0 amide bonds. The minimum absolute atomic E-state index is 0.0387. The second-order valence-corrected chi connectivity index (χ2v) is 7.94. The van der Waals surface area contributed by atoms with E-state index >= 15 is 0 Å². The molecule has 0 aliphatic heterocycles. The number of aryl methyl sites for hydroxylation is 1. The van der Waals surface area contributed by atoms with Crippen molar-refractivity contribution in [3.05, 3.63) is 78.1 Å². The van der Waals surface area contributed by atoms with Crippen molar-refractivity contribution < 1.29 is 17.9 Å². The summed E-state index contributed by atoms with van der Waals surface area (Å²) >= 11 is 1.57. The maximum atomic E-state index is 13.0. The number of ether oxygens (including phenoxy) is 1. The van der Waals surface area contributed by atoms with Crippen molar-refractivity contribution >= 4 is 34.2 Å². The van der Waals surface area contributed by atoms with Crippen LogP contribution in [0.4, 0.5) is 24.5 Å². The third-order valence-electron chi connectivity index (χ3n) is 4.59. The molecule has 158 valence electrons. The highest BCUT2D eigenvalue weighted by atomic mass is 32.2. The molecular formula is C23H18F3N3OS. The third kappa shape index (κ3) is 4.74. The van der Waals surface area contributed by atoms with Crippen LogP contribution in [0.2, 0.25) is 0 Å². The van der Waals surface area contributed by atoms with E-state index < -0.39 is 11.9 Å². The molecule has 31 heavy (non-hydrogen) atoms. The lowest BCUT2D eigenvalue weighted by atomic mass is 10.2. The van der Waals surface area contributed by atoms with E-state index in [9.17, 15) is 13.2 Å². The summed E-state index contributed by atoms with van der Waals surface area (Å²) in [6.07, 6.45) is -3.07. The first-order valence-corrected chi connectivity index (χ1v) is 10.2. The topological polar surface area (TPSA) is 47.0 Å². The molecule has 2 heterocycles. The number of alkyl halides is 3. The largest absolute Gasteiger partial charge is 0.497 e. The number of methoxy groups -OCH3 is 1. The fourth-order valence-electron chi connectivity index (χ4n) is 3.04. The molecule has 0 aliphatic carbocycles. The van der Waals surface area contributed by atoms with Crippen molar-refractivity contribution in [1.82, 2.24) is 9.97 Å². The second kappa shape index (κ2) is 8.47.